The van der Waals surface area contributed by atoms with E-state index in [1.54, 1.807) is 18.4 Å². The average molecular weight is 340 g/mol. The van der Waals surface area contributed by atoms with Crippen molar-refractivity contribution in [1.29, 1.82) is 0 Å². The molecule has 1 aromatic heterocycles. The third kappa shape index (κ3) is 3.41. The molecule has 0 atom stereocenters. The van der Waals surface area contributed by atoms with Gasteiger partial charge >= 0.3 is 0 Å². The fourth-order valence-corrected chi connectivity index (χ4v) is 2.26. The third-order valence-corrected chi connectivity index (χ3v) is 3.74. The van der Waals surface area contributed by atoms with Crippen LogP contribution in [0.25, 0.3) is 0 Å². The van der Waals surface area contributed by atoms with Gasteiger partial charge in [0, 0.05) is 16.1 Å². The maximum absolute atomic E-state index is 13.6. The maximum Gasteiger partial charge on any atom is 0.165 e. The second-order valence-corrected chi connectivity index (χ2v) is 5.80. The van der Waals surface area contributed by atoms with E-state index in [2.05, 4.69) is 21.2 Å². The second-order valence-electron chi connectivity index (χ2n) is 4.89. The van der Waals surface area contributed by atoms with Crippen molar-refractivity contribution in [3.63, 3.8) is 0 Å². The van der Waals surface area contributed by atoms with Crippen LogP contribution < -0.4 is 10.1 Å². The first kappa shape index (κ1) is 13.6. The maximum atomic E-state index is 13.6. The molecule has 1 heterocycles. The molecule has 1 aliphatic rings. The van der Waals surface area contributed by atoms with E-state index in [0.29, 0.717) is 19.2 Å². The Balaban J connectivity index is 1.62. The summed E-state index contributed by atoms with van der Waals surface area (Å²) in [5, 5.41) is 3.39. The Kier molecular flexibility index (Phi) is 4.08. The fraction of sp³-hybridized carbons (Fsp3) is 0.333. The van der Waals surface area contributed by atoms with E-state index >= 15 is 0 Å². The third-order valence-electron chi connectivity index (χ3n) is 3.24. The van der Waals surface area contributed by atoms with Crippen molar-refractivity contribution in [2.24, 2.45) is 0 Å². The molecule has 0 unspecified atom stereocenters. The number of benzene rings is 1. The lowest BCUT2D eigenvalue weighted by Crippen LogP contribution is -2.16. The van der Waals surface area contributed by atoms with Crippen LogP contribution in [0.3, 0.4) is 0 Å². The summed E-state index contributed by atoms with van der Waals surface area (Å²) in [4.78, 5) is 0. The molecule has 2 aromatic rings. The number of rotatable bonds is 6. The zero-order valence-electron chi connectivity index (χ0n) is 10.9. The number of nitrogens with one attached hydrogen (secondary N) is 1. The molecule has 0 amide bonds. The Morgan fingerprint density at radius 3 is 3.00 bits per heavy atom. The van der Waals surface area contributed by atoms with Gasteiger partial charge < -0.3 is 14.5 Å². The number of halogens is 2. The molecule has 0 spiro atoms. The van der Waals surface area contributed by atoms with Crippen molar-refractivity contribution in [3.05, 3.63) is 52.1 Å². The first-order valence-corrected chi connectivity index (χ1v) is 7.38. The van der Waals surface area contributed by atoms with Gasteiger partial charge in [-0.15, -0.1) is 0 Å². The van der Waals surface area contributed by atoms with Gasteiger partial charge in [0.1, 0.15) is 12.4 Å². The Bertz CT molecular complexity index is 595. The van der Waals surface area contributed by atoms with Gasteiger partial charge in [-0.25, -0.2) is 4.39 Å². The fourth-order valence-electron chi connectivity index (χ4n) is 1.92. The molecule has 0 bridgehead atoms. The predicted molar refractivity (Wildman–Crippen MR) is 77.0 cm³/mol. The Morgan fingerprint density at radius 2 is 2.20 bits per heavy atom. The lowest BCUT2D eigenvalue weighted by atomic mass is 10.2. The molecular weight excluding hydrogens is 325 g/mol. The lowest BCUT2D eigenvalue weighted by Gasteiger charge is -2.08. The standard InChI is InChI=1S/C15H15BrFNO2/c16-11-1-4-13(17)14(7-11)20-9-10-5-6-19-15(10)8-18-12-2-3-12/h1,4-7,12,18H,2-3,8-9H2. The number of hydrogen-bond acceptors (Lipinski definition) is 3. The summed E-state index contributed by atoms with van der Waals surface area (Å²) in [6.07, 6.45) is 4.10. The van der Waals surface area contributed by atoms with Gasteiger partial charge in [-0.2, -0.15) is 0 Å². The number of furan rings is 1. The molecule has 1 N–H and O–H groups in total. The van der Waals surface area contributed by atoms with Gasteiger partial charge in [0.15, 0.2) is 11.6 Å². The van der Waals surface area contributed by atoms with Gasteiger partial charge in [0.25, 0.3) is 0 Å². The highest BCUT2D eigenvalue weighted by Gasteiger charge is 2.21. The minimum absolute atomic E-state index is 0.238. The predicted octanol–water partition coefficient (Wildman–Crippen LogP) is 4.01. The molecule has 1 aliphatic carbocycles. The molecule has 1 saturated carbocycles. The van der Waals surface area contributed by atoms with Crippen LogP contribution in [0.1, 0.15) is 24.2 Å². The number of hydrogen-bond donors (Lipinski definition) is 1. The molecule has 0 saturated heterocycles. The summed E-state index contributed by atoms with van der Waals surface area (Å²) in [6.45, 7) is 0.989. The zero-order valence-corrected chi connectivity index (χ0v) is 12.5. The highest BCUT2D eigenvalue weighted by molar-refractivity contribution is 9.10. The molecule has 3 nitrogen and oxygen atoms in total. The van der Waals surface area contributed by atoms with E-state index in [-0.39, 0.29) is 11.6 Å². The second kappa shape index (κ2) is 5.97. The van der Waals surface area contributed by atoms with Gasteiger partial charge in [0.2, 0.25) is 0 Å². The number of ether oxygens (including phenoxy) is 1. The quantitative estimate of drug-likeness (QED) is 0.863. The Hall–Kier alpha value is -1.33. The molecule has 106 valence electrons. The summed E-state index contributed by atoms with van der Waals surface area (Å²) < 4.78 is 25.3. The molecule has 1 aromatic carbocycles. The largest absolute Gasteiger partial charge is 0.486 e. The van der Waals surface area contributed by atoms with E-state index in [4.69, 9.17) is 9.15 Å². The van der Waals surface area contributed by atoms with Crippen LogP contribution >= 0.6 is 15.9 Å². The van der Waals surface area contributed by atoms with Gasteiger partial charge in [0.05, 0.1) is 12.8 Å². The monoisotopic (exact) mass is 339 g/mol. The van der Waals surface area contributed by atoms with Crippen LogP contribution in [-0.2, 0) is 13.2 Å². The van der Waals surface area contributed by atoms with Gasteiger partial charge in [-0.3, -0.25) is 0 Å². The zero-order chi connectivity index (χ0) is 13.9. The van der Waals surface area contributed by atoms with E-state index < -0.39 is 0 Å². The molecule has 0 aliphatic heterocycles. The summed E-state index contributed by atoms with van der Waals surface area (Å²) in [5.41, 5.74) is 0.942. The summed E-state index contributed by atoms with van der Waals surface area (Å²) in [7, 11) is 0. The minimum atomic E-state index is -0.366. The molecule has 20 heavy (non-hydrogen) atoms. The van der Waals surface area contributed by atoms with E-state index in [1.807, 2.05) is 6.07 Å². The highest BCUT2D eigenvalue weighted by atomic mass is 79.9. The van der Waals surface area contributed by atoms with Crippen molar-refractivity contribution >= 4 is 15.9 Å². The Labute approximate surface area is 125 Å². The van der Waals surface area contributed by atoms with Crippen LogP contribution in [-0.4, -0.2) is 6.04 Å². The summed E-state index contributed by atoms with van der Waals surface area (Å²) >= 11 is 3.30. The van der Waals surface area contributed by atoms with Crippen LogP contribution in [0, 0.1) is 5.82 Å². The van der Waals surface area contributed by atoms with Crippen LogP contribution in [0.4, 0.5) is 4.39 Å². The minimum Gasteiger partial charge on any atom is -0.486 e. The van der Waals surface area contributed by atoms with Gasteiger partial charge in [-0.1, -0.05) is 15.9 Å². The summed E-state index contributed by atoms with van der Waals surface area (Å²) in [6, 6.07) is 7.13. The lowest BCUT2D eigenvalue weighted by molar-refractivity contribution is 0.286. The summed E-state index contributed by atoms with van der Waals surface area (Å²) in [5.74, 6) is 0.725. The molecule has 0 radical (unpaired) electrons. The van der Waals surface area contributed by atoms with Crippen molar-refractivity contribution in [2.75, 3.05) is 0 Å². The normalized spacial score (nSPS) is 14.5. The van der Waals surface area contributed by atoms with Crippen molar-refractivity contribution in [3.8, 4) is 5.75 Å². The highest BCUT2D eigenvalue weighted by Crippen LogP contribution is 2.24. The smallest absolute Gasteiger partial charge is 0.165 e. The van der Waals surface area contributed by atoms with E-state index in [0.717, 1.165) is 15.8 Å². The van der Waals surface area contributed by atoms with Crippen molar-refractivity contribution in [1.82, 2.24) is 5.32 Å². The van der Waals surface area contributed by atoms with Crippen molar-refractivity contribution in [2.45, 2.75) is 32.0 Å². The molecule has 3 rings (SSSR count). The first-order chi connectivity index (χ1) is 9.72. The molecule has 5 heteroatoms. The average Bonchev–Trinajstić information content (AvgIpc) is 3.16. The first-order valence-electron chi connectivity index (χ1n) is 6.59. The van der Waals surface area contributed by atoms with E-state index in [1.165, 1.54) is 18.9 Å². The van der Waals surface area contributed by atoms with E-state index in [9.17, 15) is 4.39 Å². The van der Waals surface area contributed by atoms with Crippen LogP contribution in [0.5, 0.6) is 5.75 Å². The van der Waals surface area contributed by atoms with Gasteiger partial charge in [-0.05, 0) is 37.1 Å². The Morgan fingerprint density at radius 1 is 1.35 bits per heavy atom. The topological polar surface area (TPSA) is 34.4 Å². The molecule has 1 fully saturated rings. The van der Waals surface area contributed by atoms with Crippen LogP contribution in [0.2, 0.25) is 0 Å². The van der Waals surface area contributed by atoms with Crippen molar-refractivity contribution < 1.29 is 13.5 Å². The molecular formula is C15H15BrFNO2. The SMILES string of the molecule is Fc1ccc(Br)cc1OCc1ccoc1CNC1CC1. The van der Waals surface area contributed by atoms with Crippen LogP contribution in [0.15, 0.2) is 39.4 Å².